The SMILES string of the molecule is Cc1cc(NCC2(C(=O)O)CCC2)ccc1F. The van der Waals surface area contributed by atoms with Crippen molar-refractivity contribution in [3.63, 3.8) is 0 Å². The van der Waals surface area contributed by atoms with Crippen LogP contribution in [0.25, 0.3) is 0 Å². The van der Waals surface area contributed by atoms with Crippen LogP contribution in [0.3, 0.4) is 0 Å². The van der Waals surface area contributed by atoms with E-state index in [-0.39, 0.29) is 5.82 Å². The fourth-order valence-electron chi connectivity index (χ4n) is 2.10. The second kappa shape index (κ2) is 4.35. The van der Waals surface area contributed by atoms with Gasteiger partial charge in [0.25, 0.3) is 0 Å². The van der Waals surface area contributed by atoms with Crippen molar-refractivity contribution in [3.05, 3.63) is 29.6 Å². The third-order valence-corrected chi connectivity index (χ3v) is 3.55. The molecule has 1 aromatic carbocycles. The Kier molecular flexibility index (Phi) is 3.05. The van der Waals surface area contributed by atoms with E-state index >= 15 is 0 Å². The van der Waals surface area contributed by atoms with Gasteiger partial charge in [-0.15, -0.1) is 0 Å². The van der Waals surface area contributed by atoms with Crippen LogP contribution in [0.15, 0.2) is 18.2 Å². The van der Waals surface area contributed by atoms with Crippen LogP contribution < -0.4 is 5.32 Å². The summed E-state index contributed by atoms with van der Waals surface area (Å²) in [5, 5.41) is 12.2. The van der Waals surface area contributed by atoms with Gasteiger partial charge in [-0.2, -0.15) is 0 Å². The van der Waals surface area contributed by atoms with Crippen molar-refractivity contribution in [2.75, 3.05) is 11.9 Å². The molecule has 2 rings (SSSR count). The number of hydrogen-bond donors (Lipinski definition) is 2. The Morgan fingerprint density at radius 3 is 2.71 bits per heavy atom. The number of aryl methyl sites for hydroxylation is 1. The second-order valence-corrected chi connectivity index (χ2v) is 4.76. The van der Waals surface area contributed by atoms with Gasteiger partial charge in [-0.25, -0.2) is 4.39 Å². The summed E-state index contributed by atoms with van der Waals surface area (Å²) in [6.07, 6.45) is 2.40. The van der Waals surface area contributed by atoms with E-state index in [2.05, 4.69) is 5.32 Å². The Hall–Kier alpha value is -1.58. The molecule has 1 aliphatic carbocycles. The van der Waals surface area contributed by atoms with Gasteiger partial charge >= 0.3 is 5.97 Å². The van der Waals surface area contributed by atoms with E-state index in [1.165, 1.54) is 6.07 Å². The van der Waals surface area contributed by atoms with E-state index in [0.29, 0.717) is 12.1 Å². The molecule has 0 aliphatic heterocycles. The third kappa shape index (κ3) is 2.25. The van der Waals surface area contributed by atoms with Gasteiger partial charge in [0.05, 0.1) is 5.41 Å². The molecular weight excluding hydrogens is 221 g/mol. The average Bonchev–Trinajstić information content (AvgIpc) is 2.21. The molecule has 4 heteroatoms. The van der Waals surface area contributed by atoms with Gasteiger partial charge < -0.3 is 10.4 Å². The van der Waals surface area contributed by atoms with Gasteiger partial charge in [0, 0.05) is 12.2 Å². The fourth-order valence-corrected chi connectivity index (χ4v) is 2.10. The third-order valence-electron chi connectivity index (χ3n) is 3.55. The summed E-state index contributed by atoms with van der Waals surface area (Å²) < 4.78 is 13.1. The van der Waals surface area contributed by atoms with E-state index < -0.39 is 11.4 Å². The minimum atomic E-state index is -0.741. The second-order valence-electron chi connectivity index (χ2n) is 4.76. The van der Waals surface area contributed by atoms with E-state index in [1.54, 1.807) is 19.1 Å². The summed E-state index contributed by atoms with van der Waals surface area (Å²) in [7, 11) is 0. The lowest BCUT2D eigenvalue weighted by Crippen LogP contribution is -2.43. The maximum atomic E-state index is 13.1. The van der Waals surface area contributed by atoms with Gasteiger partial charge in [-0.3, -0.25) is 4.79 Å². The highest BCUT2D eigenvalue weighted by atomic mass is 19.1. The Balaban J connectivity index is 2.02. The molecule has 3 nitrogen and oxygen atoms in total. The summed E-state index contributed by atoms with van der Waals surface area (Å²) in [6.45, 7) is 2.10. The Labute approximate surface area is 99.7 Å². The molecule has 0 amide bonds. The number of nitrogens with one attached hydrogen (secondary N) is 1. The van der Waals surface area contributed by atoms with Crippen LogP contribution in [0, 0.1) is 18.2 Å². The lowest BCUT2D eigenvalue weighted by molar-refractivity contribution is -0.153. The Morgan fingerprint density at radius 2 is 2.24 bits per heavy atom. The highest BCUT2D eigenvalue weighted by molar-refractivity contribution is 5.76. The van der Waals surface area contributed by atoms with Gasteiger partial charge in [-0.1, -0.05) is 6.42 Å². The standard InChI is InChI=1S/C13H16FNO2/c1-9-7-10(3-4-11(9)14)15-8-13(12(16)17)5-2-6-13/h3-4,7,15H,2,5-6,8H2,1H3,(H,16,17). The molecule has 0 heterocycles. The van der Waals surface area contributed by atoms with E-state index in [4.69, 9.17) is 5.11 Å². The topological polar surface area (TPSA) is 49.3 Å². The molecule has 1 aliphatic rings. The van der Waals surface area contributed by atoms with Gasteiger partial charge in [-0.05, 0) is 43.5 Å². The number of hydrogen-bond acceptors (Lipinski definition) is 2. The number of carboxylic acid groups (broad SMARTS) is 1. The van der Waals surface area contributed by atoms with Crippen molar-refractivity contribution in [1.82, 2.24) is 0 Å². The van der Waals surface area contributed by atoms with Crippen LogP contribution in [0.4, 0.5) is 10.1 Å². The van der Waals surface area contributed by atoms with Crippen LogP contribution in [0.5, 0.6) is 0 Å². The molecule has 0 spiro atoms. The number of carbonyl (C=O) groups is 1. The minimum absolute atomic E-state index is 0.243. The molecule has 0 unspecified atom stereocenters. The Bertz CT molecular complexity index is 441. The summed E-state index contributed by atoms with van der Waals surface area (Å²) in [5.74, 6) is -0.984. The molecule has 0 saturated heterocycles. The molecule has 0 radical (unpaired) electrons. The highest BCUT2D eigenvalue weighted by Gasteiger charge is 2.44. The average molecular weight is 237 g/mol. The number of carboxylic acids is 1. The lowest BCUT2D eigenvalue weighted by atomic mass is 9.69. The highest BCUT2D eigenvalue weighted by Crippen LogP contribution is 2.41. The molecule has 92 valence electrons. The van der Waals surface area contributed by atoms with Crippen LogP contribution in [-0.2, 0) is 4.79 Å². The first-order valence-electron chi connectivity index (χ1n) is 5.77. The summed E-state index contributed by atoms with van der Waals surface area (Å²) in [6, 6.07) is 4.73. The van der Waals surface area contributed by atoms with Crippen molar-refractivity contribution in [3.8, 4) is 0 Å². The van der Waals surface area contributed by atoms with Crippen molar-refractivity contribution < 1.29 is 14.3 Å². The first kappa shape index (κ1) is 11.9. The number of rotatable bonds is 4. The van der Waals surface area contributed by atoms with E-state index in [1.807, 2.05) is 0 Å². The fraction of sp³-hybridized carbons (Fsp3) is 0.462. The predicted molar refractivity (Wildman–Crippen MR) is 63.5 cm³/mol. The van der Waals surface area contributed by atoms with Gasteiger partial charge in [0.15, 0.2) is 0 Å². The zero-order valence-electron chi connectivity index (χ0n) is 9.79. The minimum Gasteiger partial charge on any atom is -0.481 e. The van der Waals surface area contributed by atoms with Crippen LogP contribution in [-0.4, -0.2) is 17.6 Å². The Morgan fingerprint density at radius 1 is 1.53 bits per heavy atom. The van der Waals surface area contributed by atoms with E-state index in [9.17, 15) is 9.18 Å². The molecular formula is C13H16FNO2. The van der Waals surface area contributed by atoms with Gasteiger partial charge in [0.2, 0.25) is 0 Å². The molecule has 0 aromatic heterocycles. The zero-order chi connectivity index (χ0) is 12.5. The normalized spacial score (nSPS) is 17.3. The smallest absolute Gasteiger partial charge is 0.311 e. The quantitative estimate of drug-likeness (QED) is 0.846. The molecule has 17 heavy (non-hydrogen) atoms. The lowest BCUT2D eigenvalue weighted by Gasteiger charge is -2.37. The van der Waals surface area contributed by atoms with Crippen molar-refractivity contribution in [1.29, 1.82) is 0 Å². The van der Waals surface area contributed by atoms with Gasteiger partial charge in [0.1, 0.15) is 5.82 Å². The van der Waals surface area contributed by atoms with Crippen LogP contribution >= 0.6 is 0 Å². The zero-order valence-corrected chi connectivity index (χ0v) is 9.79. The predicted octanol–water partition coefficient (Wildman–Crippen LogP) is 2.80. The summed E-state index contributed by atoms with van der Waals surface area (Å²) >= 11 is 0. The molecule has 0 bridgehead atoms. The maximum absolute atomic E-state index is 13.1. The number of benzene rings is 1. The number of halogens is 1. The van der Waals surface area contributed by atoms with Crippen molar-refractivity contribution in [2.24, 2.45) is 5.41 Å². The number of anilines is 1. The first-order chi connectivity index (χ1) is 8.03. The molecule has 1 aromatic rings. The monoisotopic (exact) mass is 237 g/mol. The van der Waals surface area contributed by atoms with E-state index in [0.717, 1.165) is 24.9 Å². The van der Waals surface area contributed by atoms with Crippen molar-refractivity contribution >= 4 is 11.7 Å². The molecule has 1 fully saturated rings. The van der Waals surface area contributed by atoms with Crippen LogP contribution in [0.2, 0.25) is 0 Å². The number of aliphatic carboxylic acids is 1. The largest absolute Gasteiger partial charge is 0.481 e. The molecule has 1 saturated carbocycles. The summed E-state index contributed by atoms with van der Waals surface area (Å²) in [5.41, 5.74) is 0.715. The summed E-state index contributed by atoms with van der Waals surface area (Å²) in [4.78, 5) is 11.1. The van der Waals surface area contributed by atoms with Crippen molar-refractivity contribution in [2.45, 2.75) is 26.2 Å². The molecule has 0 atom stereocenters. The molecule has 2 N–H and O–H groups in total. The maximum Gasteiger partial charge on any atom is 0.311 e. The van der Waals surface area contributed by atoms with Crippen LogP contribution in [0.1, 0.15) is 24.8 Å². The first-order valence-corrected chi connectivity index (χ1v) is 5.77.